The third-order valence-electron chi connectivity index (χ3n) is 4.32. The summed E-state index contributed by atoms with van der Waals surface area (Å²) in [5.41, 5.74) is 0.732. The number of nitrogens with one attached hydrogen (secondary N) is 2. The van der Waals surface area contributed by atoms with Crippen LogP contribution >= 0.6 is 0 Å². The number of carbonyl (C=O) groups excluding carboxylic acids is 1. The molecule has 1 amide bonds. The van der Waals surface area contributed by atoms with Crippen molar-refractivity contribution >= 4 is 21.6 Å². The lowest BCUT2D eigenvalue weighted by Crippen LogP contribution is -2.44. The molecule has 10 heteroatoms. The van der Waals surface area contributed by atoms with Gasteiger partial charge in [-0.3, -0.25) is 4.79 Å². The maximum absolute atomic E-state index is 13.4. The third-order valence-corrected chi connectivity index (χ3v) is 5.80. The van der Waals surface area contributed by atoms with Gasteiger partial charge >= 0.3 is 0 Å². The van der Waals surface area contributed by atoms with Gasteiger partial charge in [-0.15, -0.1) is 0 Å². The van der Waals surface area contributed by atoms with E-state index in [1.54, 1.807) is 6.92 Å². The molecule has 0 fully saturated rings. The number of ether oxygens (including phenoxy) is 1. The number of hydrogen-bond acceptors (Lipinski definition) is 5. The summed E-state index contributed by atoms with van der Waals surface area (Å²) in [5, 5.41) is 12.3. The first-order valence-electron chi connectivity index (χ1n) is 8.20. The molecule has 8 nitrogen and oxygen atoms in total. The van der Waals surface area contributed by atoms with Crippen LogP contribution in [0.15, 0.2) is 29.3 Å². The van der Waals surface area contributed by atoms with Crippen molar-refractivity contribution in [1.82, 2.24) is 9.29 Å². The molecule has 27 heavy (non-hydrogen) atoms. The molecule has 3 rings (SSSR count). The molecule has 3 N–H and O–H groups in total. The molecule has 2 aromatic rings. The second-order valence-corrected chi connectivity index (χ2v) is 8.16. The fraction of sp³-hybridized carbons (Fsp3) is 0.353. The number of halogens is 1. The Kier molecular flexibility index (Phi) is 4.98. The lowest BCUT2D eigenvalue weighted by molar-refractivity contribution is 0.100. The molecule has 0 aliphatic carbocycles. The van der Waals surface area contributed by atoms with E-state index in [2.05, 4.69) is 10.0 Å². The molecule has 0 saturated carbocycles. The highest BCUT2D eigenvalue weighted by molar-refractivity contribution is 7.89. The Labute approximate surface area is 156 Å². The number of amides is 1. The second-order valence-electron chi connectivity index (χ2n) is 6.48. The predicted octanol–water partition coefficient (Wildman–Crippen LogP) is 1.15. The summed E-state index contributed by atoms with van der Waals surface area (Å²) in [4.78, 5) is 12.5. The highest BCUT2D eigenvalue weighted by atomic mass is 32.2. The van der Waals surface area contributed by atoms with E-state index in [-0.39, 0.29) is 22.9 Å². The predicted molar refractivity (Wildman–Crippen MR) is 95.8 cm³/mol. The van der Waals surface area contributed by atoms with Gasteiger partial charge in [-0.05, 0) is 37.6 Å². The van der Waals surface area contributed by atoms with Crippen molar-refractivity contribution in [3.05, 3.63) is 41.5 Å². The normalized spacial score (nSPS) is 19.5. The number of aromatic nitrogens is 1. The molecule has 1 aromatic heterocycles. The van der Waals surface area contributed by atoms with Gasteiger partial charge in [0.05, 0.1) is 12.1 Å². The summed E-state index contributed by atoms with van der Waals surface area (Å²) in [5.74, 6) is -1.09. The summed E-state index contributed by atoms with van der Waals surface area (Å²) >= 11 is 0. The molecule has 1 aromatic carbocycles. The average molecular weight is 397 g/mol. The molecule has 1 unspecified atom stereocenters. The number of aryl methyl sites for hydroxylation is 2. The van der Waals surface area contributed by atoms with E-state index in [0.717, 1.165) is 0 Å². The Balaban J connectivity index is 1.97. The molecule has 146 valence electrons. The minimum Gasteiger partial charge on any atom is -0.488 e. The standard InChI is InChI=1S/C17H20FN3O5S/c1-9-6-11(4-5-12(9)18)19-17(23)15-16-14(7-21(15)3)27(24,25)20-13(8-26-16)10(2)22/h4-7,10,13,20,22H,8H2,1-3H3,(H,19,23)/t10-,13?/m0/s1. The van der Waals surface area contributed by atoms with Gasteiger partial charge in [-0.1, -0.05) is 0 Å². The van der Waals surface area contributed by atoms with Crippen molar-refractivity contribution in [3.63, 3.8) is 0 Å². The molecular formula is C17H20FN3O5S. The quantitative estimate of drug-likeness (QED) is 0.720. The number of sulfonamides is 1. The Morgan fingerprint density at radius 3 is 2.81 bits per heavy atom. The number of nitrogens with zero attached hydrogens (tertiary/aromatic N) is 1. The Hall–Kier alpha value is -2.43. The van der Waals surface area contributed by atoms with Crippen LogP contribution < -0.4 is 14.8 Å². The van der Waals surface area contributed by atoms with Gasteiger partial charge in [0.1, 0.15) is 17.3 Å². The van der Waals surface area contributed by atoms with Crippen molar-refractivity contribution < 1.29 is 27.4 Å². The highest BCUT2D eigenvalue weighted by Gasteiger charge is 2.35. The summed E-state index contributed by atoms with van der Waals surface area (Å²) < 4.78 is 47.8. The molecule has 0 radical (unpaired) electrons. The number of anilines is 1. The SMILES string of the molecule is Cc1cc(NC(=O)c2c3c(cn2C)S(=O)(=O)NC([C@H](C)O)CO3)ccc1F. The number of aliphatic hydroxyl groups is 1. The first-order valence-corrected chi connectivity index (χ1v) is 9.68. The zero-order valence-electron chi connectivity index (χ0n) is 15.0. The topological polar surface area (TPSA) is 110 Å². The molecule has 2 atom stereocenters. The maximum atomic E-state index is 13.4. The van der Waals surface area contributed by atoms with Crippen LogP contribution in [0.5, 0.6) is 5.75 Å². The molecule has 0 spiro atoms. The van der Waals surface area contributed by atoms with Gasteiger partial charge in [0.2, 0.25) is 10.0 Å². The van der Waals surface area contributed by atoms with Crippen LogP contribution in [-0.2, 0) is 17.1 Å². The van der Waals surface area contributed by atoms with Gasteiger partial charge < -0.3 is 19.7 Å². The van der Waals surface area contributed by atoms with Gasteiger partial charge in [0.15, 0.2) is 11.4 Å². The molecule has 0 saturated heterocycles. The number of fused-ring (bicyclic) bond motifs is 1. The van der Waals surface area contributed by atoms with Crippen LogP contribution in [0.3, 0.4) is 0 Å². The molecule has 2 heterocycles. The van der Waals surface area contributed by atoms with Crippen molar-refractivity contribution in [3.8, 4) is 5.75 Å². The van der Waals surface area contributed by atoms with Crippen molar-refractivity contribution in [1.29, 1.82) is 0 Å². The largest absolute Gasteiger partial charge is 0.488 e. The molecular weight excluding hydrogens is 377 g/mol. The van der Waals surface area contributed by atoms with Crippen LogP contribution in [0.1, 0.15) is 23.0 Å². The van der Waals surface area contributed by atoms with Crippen LogP contribution in [0.4, 0.5) is 10.1 Å². The molecule has 1 aliphatic rings. The highest BCUT2D eigenvalue weighted by Crippen LogP contribution is 2.33. The number of aliphatic hydroxyl groups excluding tert-OH is 1. The van der Waals surface area contributed by atoms with E-state index in [9.17, 15) is 22.7 Å². The van der Waals surface area contributed by atoms with Gasteiger partial charge in [-0.25, -0.2) is 17.5 Å². The second kappa shape index (κ2) is 6.95. The minimum atomic E-state index is -3.98. The summed E-state index contributed by atoms with van der Waals surface area (Å²) in [6, 6.07) is 3.26. The monoisotopic (exact) mass is 397 g/mol. The van der Waals surface area contributed by atoms with E-state index < -0.39 is 33.9 Å². The van der Waals surface area contributed by atoms with Gasteiger partial charge in [0, 0.05) is 18.9 Å². The fourth-order valence-corrected chi connectivity index (χ4v) is 4.28. The summed E-state index contributed by atoms with van der Waals surface area (Å²) in [6.07, 6.45) is 0.296. The van der Waals surface area contributed by atoms with Gasteiger partial charge in [-0.2, -0.15) is 0 Å². The average Bonchev–Trinajstić information content (AvgIpc) is 2.85. The first kappa shape index (κ1) is 19.3. The Morgan fingerprint density at radius 2 is 2.19 bits per heavy atom. The molecule has 1 aliphatic heterocycles. The van der Waals surface area contributed by atoms with E-state index in [0.29, 0.717) is 11.3 Å². The number of hydrogen-bond donors (Lipinski definition) is 3. The van der Waals surface area contributed by atoms with E-state index in [1.807, 2.05) is 0 Å². The van der Waals surface area contributed by atoms with Crippen molar-refractivity contribution in [2.45, 2.75) is 30.9 Å². The van der Waals surface area contributed by atoms with E-state index in [4.69, 9.17) is 4.74 Å². The maximum Gasteiger partial charge on any atom is 0.276 e. The van der Waals surface area contributed by atoms with Gasteiger partial charge in [0.25, 0.3) is 5.91 Å². The van der Waals surface area contributed by atoms with Crippen LogP contribution in [0.25, 0.3) is 0 Å². The zero-order chi connectivity index (χ0) is 19.9. The zero-order valence-corrected chi connectivity index (χ0v) is 15.8. The smallest absolute Gasteiger partial charge is 0.276 e. The van der Waals surface area contributed by atoms with E-state index >= 15 is 0 Å². The lowest BCUT2D eigenvalue weighted by Gasteiger charge is -2.18. The number of rotatable bonds is 3. The van der Waals surface area contributed by atoms with Crippen LogP contribution in [0, 0.1) is 12.7 Å². The minimum absolute atomic E-state index is 0.00333. The van der Waals surface area contributed by atoms with Crippen LogP contribution in [0.2, 0.25) is 0 Å². The Morgan fingerprint density at radius 1 is 1.48 bits per heavy atom. The Bertz CT molecular complexity index is 1000. The lowest BCUT2D eigenvalue weighted by atomic mass is 10.2. The number of benzene rings is 1. The summed E-state index contributed by atoms with van der Waals surface area (Å²) in [6.45, 7) is 2.87. The number of carbonyl (C=O) groups is 1. The third kappa shape index (κ3) is 3.68. The fourth-order valence-electron chi connectivity index (χ4n) is 2.79. The summed E-state index contributed by atoms with van der Waals surface area (Å²) in [7, 11) is -2.46. The first-order chi connectivity index (χ1) is 12.6. The van der Waals surface area contributed by atoms with Crippen molar-refractivity contribution in [2.75, 3.05) is 11.9 Å². The van der Waals surface area contributed by atoms with Crippen LogP contribution in [-0.4, -0.2) is 42.8 Å². The molecule has 0 bridgehead atoms. The van der Waals surface area contributed by atoms with E-state index in [1.165, 1.54) is 42.9 Å². The van der Waals surface area contributed by atoms with Crippen molar-refractivity contribution in [2.24, 2.45) is 7.05 Å².